The van der Waals surface area contributed by atoms with Crippen molar-refractivity contribution in [3.63, 3.8) is 0 Å². The van der Waals surface area contributed by atoms with Crippen LogP contribution < -0.4 is 5.73 Å². The maximum Gasteiger partial charge on any atom is 0.0583 e. The van der Waals surface area contributed by atoms with E-state index in [2.05, 4.69) is 13.8 Å². The average molecular weight is 213 g/mol. The van der Waals surface area contributed by atoms with Crippen molar-refractivity contribution in [3.8, 4) is 0 Å². The lowest BCUT2D eigenvalue weighted by Gasteiger charge is -2.25. The zero-order chi connectivity index (χ0) is 11.3. The molecule has 0 aromatic carbocycles. The highest BCUT2D eigenvalue weighted by Crippen LogP contribution is 2.30. The Labute approximate surface area is 94.2 Å². The Morgan fingerprint density at radius 3 is 2.33 bits per heavy atom. The molecule has 0 aromatic rings. The van der Waals surface area contributed by atoms with Gasteiger partial charge in [-0.2, -0.15) is 0 Å². The van der Waals surface area contributed by atoms with Crippen molar-refractivity contribution < 1.29 is 5.11 Å². The summed E-state index contributed by atoms with van der Waals surface area (Å²) < 4.78 is 0. The van der Waals surface area contributed by atoms with Gasteiger partial charge in [0.2, 0.25) is 0 Å². The van der Waals surface area contributed by atoms with Crippen LogP contribution in [-0.4, -0.2) is 17.8 Å². The van der Waals surface area contributed by atoms with Crippen LogP contribution >= 0.6 is 0 Å². The highest BCUT2D eigenvalue weighted by molar-refractivity contribution is 4.75. The quantitative estimate of drug-likeness (QED) is 0.712. The second-order valence-corrected chi connectivity index (χ2v) is 5.44. The molecule has 1 aliphatic carbocycles. The summed E-state index contributed by atoms with van der Waals surface area (Å²) >= 11 is 0. The third kappa shape index (κ3) is 4.12. The fraction of sp³-hybridized carbons (Fsp3) is 1.00. The molecule has 0 saturated heterocycles. The molecule has 2 nitrogen and oxygen atoms in total. The third-order valence-corrected chi connectivity index (χ3v) is 3.97. The van der Waals surface area contributed by atoms with E-state index < -0.39 is 0 Å². The Morgan fingerprint density at radius 1 is 1.27 bits per heavy atom. The molecule has 0 aromatic heterocycles. The van der Waals surface area contributed by atoms with Gasteiger partial charge in [-0.05, 0) is 37.1 Å². The Kier molecular flexibility index (Phi) is 5.62. The normalized spacial score (nSPS) is 22.2. The minimum absolute atomic E-state index is 0.185. The first-order valence-corrected chi connectivity index (χ1v) is 6.53. The number of hydrogen-bond acceptors (Lipinski definition) is 2. The van der Waals surface area contributed by atoms with Crippen molar-refractivity contribution in [2.75, 3.05) is 6.54 Å². The smallest absolute Gasteiger partial charge is 0.0583 e. The van der Waals surface area contributed by atoms with Crippen molar-refractivity contribution >= 4 is 0 Å². The van der Waals surface area contributed by atoms with Gasteiger partial charge in [-0.25, -0.2) is 0 Å². The van der Waals surface area contributed by atoms with Crippen LogP contribution in [0.1, 0.15) is 52.4 Å². The lowest BCUT2D eigenvalue weighted by Crippen LogP contribution is -2.32. The number of aliphatic hydroxyl groups excluding tert-OH is 1. The molecule has 0 amide bonds. The predicted octanol–water partition coefficient (Wildman–Crippen LogP) is 2.55. The maximum absolute atomic E-state index is 10.1. The molecule has 0 bridgehead atoms. The second-order valence-electron chi connectivity index (χ2n) is 5.44. The van der Waals surface area contributed by atoms with Gasteiger partial charge in [-0.15, -0.1) is 0 Å². The third-order valence-electron chi connectivity index (χ3n) is 3.97. The van der Waals surface area contributed by atoms with E-state index in [0.717, 1.165) is 12.3 Å². The maximum atomic E-state index is 10.1. The van der Waals surface area contributed by atoms with Crippen molar-refractivity contribution in [1.82, 2.24) is 0 Å². The van der Waals surface area contributed by atoms with Gasteiger partial charge in [0.15, 0.2) is 0 Å². The molecule has 15 heavy (non-hydrogen) atoms. The van der Waals surface area contributed by atoms with Crippen LogP contribution in [0.5, 0.6) is 0 Å². The van der Waals surface area contributed by atoms with Crippen molar-refractivity contribution in [3.05, 3.63) is 0 Å². The zero-order valence-corrected chi connectivity index (χ0v) is 10.3. The SMILES string of the molecule is CC(C)C(CN)C(O)CCC1CCCC1. The topological polar surface area (TPSA) is 46.2 Å². The number of hydrogen-bond donors (Lipinski definition) is 2. The van der Waals surface area contributed by atoms with Gasteiger partial charge in [0.1, 0.15) is 0 Å². The van der Waals surface area contributed by atoms with E-state index in [-0.39, 0.29) is 12.0 Å². The standard InChI is InChI=1S/C13H27NO/c1-10(2)12(9-14)13(15)8-7-11-5-3-4-6-11/h10-13,15H,3-9,14H2,1-2H3. The summed E-state index contributed by atoms with van der Waals surface area (Å²) in [5.41, 5.74) is 5.70. The van der Waals surface area contributed by atoms with Crippen molar-refractivity contribution in [1.29, 1.82) is 0 Å². The van der Waals surface area contributed by atoms with E-state index in [0.29, 0.717) is 12.5 Å². The lowest BCUT2D eigenvalue weighted by molar-refractivity contribution is 0.0723. The van der Waals surface area contributed by atoms with Crippen LogP contribution in [-0.2, 0) is 0 Å². The Morgan fingerprint density at radius 2 is 1.87 bits per heavy atom. The molecular formula is C13H27NO. The van der Waals surface area contributed by atoms with Gasteiger partial charge < -0.3 is 10.8 Å². The van der Waals surface area contributed by atoms with Gasteiger partial charge in [-0.3, -0.25) is 0 Å². The predicted molar refractivity (Wildman–Crippen MR) is 64.6 cm³/mol. The molecule has 1 aliphatic rings. The van der Waals surface area contributed by atoms with Gasteiger partial charge >= 0.3 is 0 Å². The summed E-state index contributed by atoms with van der Waals surface area (Å²) in [6, 6.07) is 0. The van der Waals surface area contributed by atoms with Crippen LogP contribution in [0.25, 0.3) is 0 Å². The summed E-state index contributed by atoms with van der Waals surface area (Å²) in [7, 11) is 0. The first-order chi connectivity index (χ1) is 7.15. The largest absolute Gasteiger partial charge is 0.393 e. The fourth-order valence-electron chi connectivity index (χ4n) is 2.79. The van der Waals surface area contributed by atoms with E-state index in [9.17, 15) is 5.11 Å². The van der Waals surface area contributed by atoms with Crippen LogP contribution in [0.2, 0.25) is 0 Å². The summed E-state index contributed by atoms with van der Waals surface area (Å²) in [6.45, 7) is 4.91. The molecule has 0 spiro atoms. The van der Waals surface area contributed by atoms with Crippen molar-refractivity contribution in [2.45, 2.75) is 58.5 Å². The lowest BCUT2D eigenvalue weighted by atomic mass is 9.86. The van der Waals surface area contributed by atoms with Crippen LogP contribution in [0.3, 0.4) is 0 Å². The summed E-state index contributed by atoms with van der Waals surface area (Å²) in [6.07, 6.45) is 7.50. The molecule has 1 rings (SSSR count). The fourth-order valence-corrected chi connectivity index (χ4v) is 2.79. The molecule has 0 radical (unpaired) electrons. The molecule has 1 saturated carbocycles. The Hall–Kier alpha value is -0.0800. The molecule has 3 N–H and O–H groups in total. The van der Waals surface area contributed by atoms with E-state index in [1.165, 1.54) is 32.1 Å². The zero-order valence-electron chi connectivity index (χ0n) is 10.3. The molecule has 2 heteroatoms. The molecule has 1 fully saturated rings. The summed E-state index contributed by atoms with van der Waals surface area (Å²) in [4.78, 5) is 0. The highest BCUT2D eigenvalue weighted by Gasteiger charge is 2.23. The van der Waals surface area contributed by atoms with Gasteiger partial charge in [-0.1, -0.05) is 39.5 Å². The van der Waals surface area contributed by atoms with E-state index in [1.54, 1.807) is 0 Å². The van der Waals surface area contributed by atoms with Crippen LogP contribution in [0.15, 0.2) is 0 Å². The van der Waals surface area contributed by atoms with E-state index in [1.807, 2.05) is 0 Å². The molecule has 0 aliphatic heterocycles. The second kappa shape index (κ2) is 6.49. The van der Waals surface area contributed by atoms with Gasteiger partial charge in [0.05, 0.1) is 6.10 Å². The molecular weight excluding hydrogens is 186 g/mol. The number of nitrogens with two attached hydrogens (primary N) is 1. The molecule has 2 unspecified atom stereocenters. The minimum Gasteiger partial charge on any atom is -0.393 e. The number of rotatable bonds is 6. The Bertz CT molecular complexity index is 164. The summed E-state index contributed by atoms with van der Waals surface area (Å²) in [5.74, 6) is 1.66. The first-order valence-electron chi connectivity index (χ1n) is 6.53. The monoisotopic (exact) mass is 213 g/mol. The number of aliphatic hydroxyl groups is 1. The molecule has 2 atom stereocenters. The van der Waals surface area contributed by atoms with Crippen LogP contribution in [0.4, 0.5) is 0 Å². The van der Waals surface area contributed by atoms with E-state index in [4.69, 9.17) is 5.73 Å². The van der Waals surface area contributed by atoms with E-state index >= 15 is 0 Å². The molecule has 0 heterocycles. The van der Waals surface area contributed by atoms with Gasteiger partial charge in [0, 0.05) is 0 Å². The molecule has 90 valence electrons. The highest BCUT2D eigenvalue weighted by atomic mass is 16.3. The Balaban J connectivity index is 2.23. The minimum atomic E-state index is -0.185. The first kappa shape index (κ1) is 13.0. The van der Waals surface area contributed by atoms with Gasteiger partial charge in [0.25, 0.3) is 0 Å². The average Bonchev–Trinajstić information content (AvgIpc) is 2.67. The van der Waals surface area contributed by atoms with Crippen LogP contribution in [0, 0.1) is 17.8 Å². The van der Waals surface area contributed by atoms with Crippen molar-refractivity contribution in [2.24, 2.45) is 23.5 Å². The summed E-state index contributed by atoms with van der Waals surface area (Å²) in [5, 5.41) is 10.1.